The van der Waals surface area contributed by atoms with E-state index in [-0.39, 0.29) is 11.8 Å². The highest BCUT2D eigenvalue weighted by Crippen LogP contribution is 2.50. The number of hydrogen-bond donors (Lipinski definition) is 1. The second-order valence-corrected chi connectivity index (χ2v) is 6.95. The van der Waals surface area contributed by atoms with Crippen LogP contribution in [0.15, 0.2) is 0 Å². The number of hydrogen-bond acceptors (Lipinski definition) is 1. The third kappa shape index (κ3) is 2.73. The summed E-state index contributed by atoms with van der Waals surface area (Å²) in [6.07, 6.45) is 6.74. The van der Waals surface area contributed by atoms with Gasteiger partial charge in [-0.2, -0.15) is 0 Å². The van der Waals surface area contributed by atoms with Gasteiger partial charge in [0, 0.05) is 13.0 Å². The maximum atomic E-state index is 11.6. The van der Waals surface area contributed by atoms with Gasteiger partial charge in [0.1, 0.15) is 0 Å². The number of amides is 1. The summed E-state index contributed by atoms with van der Waals surface area (Å²) in [4.78, 5) is 11.6. The maximum absolute atomic E-state index is 11.6. The van der Waals surface area contributed by atoms with Crippen molar-refractivity contribution < 1.29 is 4.79 Å². The Bertz CT molecular complexity index is 295. The molecule has 0 aliphatic heterocycles. The third-order valence-electron chi connectivity index (χ3n) is 5.66. The van der Waals surface area contributed by atoms with Crippen LogP contribution in [-0.4, -0.2) is 13.0 Å². The van der Waals surface area contributed by atoms with Gasteiger partial charge in [-0.1, -0.05) is 20.8 Å². The zero-order chi connectivity index (χ0) is 13.3. The fourth-order valence-corrected chi connectivity index (χ4v) is 4.40. The summed E-state index contributed by atoms with van der Waals surface area (Å²) in [5.41, 5.74) is 0. The summed E-state index contributed by atoms with van der Waals surface area (Å²) in [5, 5.41) is 2.78. The predicted octanol–water partition coefficient (Wildman–Crippen LogP) is 3.47. The molecule has 2 nitrogen and oxygen atoms in total. The van der Waals surface area contributed by atoms with Crippen LogP contribution >= 0.6 is 0 Å². The highest BCUT2D eigenvalue weighted by molar-refractivity contribution is 5.77. The van der Waals surface area contributed by atoms with Gasteiger partial charge in [0.05, 0.1) is 0 Å². The van der Waals surface area contributed by atoms with E-state index in [1.54, 1.807) is 7.05 Å². The molecule has 2 fully saturated rings. The van der Waals surface area contributed by atoms with Gasteiger partial charge in [-0.15, -0.1) is 0 Å². The molecule has 1 N–H and O–H groups in total. The molecule has 2 aliphatic carbocycles. The molecule has 0 saturated heterocycles. The highest BCUT2D eigenvalue weighted by Gasteiger charge is 2.42. The Morgan fingerprint density at radius 2 is 1.94 bits per heavy atom. The SMILES string of the molecule is CNC(=O)C(C)C[C@H]1CC[C@@H](C2CC(C)C2)[C@H]1C. The van der Waals surface area contributed by atoms with Crippen LogP contribution in [0.1, 0.15) is 52.9 Å². The summed E-state index contributed by atoms with van der Waals surface area (Å²) in [7, 11) is 1.75. The molecule has 2 rings (SSSR count). The molecule has 0 radical (unpaired) electrons. The van der Waals surface area contributed by atoms with Crippen LogP contribution in [0.4, 0.5) is 0 Å². The Labute approximate surface area is 112 Å². The van der Waals surface area contributed by atoms with Gasteiger partial charge in [-0.05, 0) is 61.7 Å². The summed E-state index contributed by atoms with van der Waals surface area (Å²) in [5.74, 6) is 4.90. The lowest BCUT2D eigenvalue weighted by atomic mass is 9.66. The minimum Gasteiger partial charge on any atom is -0.359 e. The van der Waals surface area contributed by atoms with Gasteiger partial charge in [0.2, 0.25) is 5.91 Å². The molecule has 0 aromatic heterocycles. The molecular weight excluding hydrogens is 222 g/mol. The molecule has 2 saturated carbocycles. The van der Waals surface area contributed by atoms with Crippen molar-refractivity contribution in [1.82, 2.24) is 5.32 Å². The largest absolute Gasteiger partial charge is 0.359 e. The third-order valence-corrected chi connectivity index (χ3v) is 5.66. The summed E-state index contributed by atoms with van der Waals surface area (Å²) in [6.45, 7) is 6.88. The molecule has 104 valence electrons. The van der Waals surface area contributed by atoms with E-state index in [1.807, 2.05) is 0 Å². The van der Waals surface area contributed by atoms with Gasteiger partial charge in [0.15, 0.2) is 0 Å². The molecule has 0 bridgehead atoms. The molecule has 0 aromatic carbocycles. The van der Waals surface area contributed by atoms with Crippen LogP contribution in [0.2, 0.25) is 0 Å². The topological polar surface area (TPSA) is 29.1 Å². The summed E-state index contributed by atoms with van der Waals surface area (Å²) >= 11 is 0. The monoisotopic (exact) mass is 251 g/mol. The number of rotatable bonds is 4. The first-order valence-corrected chi connectivity index (χ1v) is 7.74. The normalized spacial score (nSPS) is 41.2. The van der Waals surface area contributed by atoms with E-state index in [2.05, 4.69) is 26.1 Å². The highest BCUT2D eigenvalue weighted by atomic mass is 16.1. The van der Waals surface area contributed by atoms with E-state index in [9.17, 15) is 4.79 Å². The Morgan fingerprint density at radius 3 is 2.50 bits per heavy atom. The van der Waals surface area contributed by atoms with Crippen molar-refractivity contribution in [2.75, 3.05) is 7.05 Å². The van der Waals surface area contributed by atoms with Gasteiger partial charge in [0.25, 0.3) is 0 Å². The molecular formula is C16H29NO. The predicted molar refractivity (Wildman–Crippen MR) is 75.1 cm³/mol. The minimum absolute atomic E-state index is 0.182. The zero-order valence-corrected chi connectivity index (χ0v) is 12.4. The average molecular weight is 251 g/mol. The molecule has 4 atom stereocenters. The lowest BCUT2D eigenvalue weighted by Crippen LogP contribution is -2.32. The Balaban J connectivity index is 1.83. The van der Waals surface area contributed by atoms with E-state index in [1.165, 1.54) is 25.7 Å². The molecule has 0 spiro atoms. The van der Waals surface area contributed by atoms with E-state index in [4.69, 9.17) is 0 Å². The van der Waals surface area contributed by atoms with Crippen molar-refractivity contribution in [1.29, 1.82) is 0 Å². The standard InChI is InChI=1S/C16H29NO/c1-10-7-14(8-10)15-6-5-13(12(15)3)9-11(2)16(18)17-4/h10-15H,5-9H2,1-4H3,(H,17,18)/t10?,11?,12-,13+,14?,15+/m0/s1. The van der Waals surface area contributed by atoms with Crippen molar-refractivity contribution >= 4 is 5.91 Å². The van der Waals surface area contributed by atoms with Crippen LogP contribution in [0.25, 0.3) is 0 Å². The summed E-state index contributed by atoms with van der Waals surface area (Å²) in [6, 6.07) is 0. The molecule has 0 aromatic rings. The van der Waals surface area contributed by atoms with Gasteiger partial charge >= 0.3 is 0 Å². The van der Waals surface area contributed by atoms with E-state index >= 15 is 0 Å². The first-order chi connectivity index (χ1) is 8.52. The zero-order valence-electron chi connectivity index (χ0n) is 12.4. The Morgan fingerprint density at radius 1 is 1.28 bits per heavy atom. The average Bonchev–Trinajstić information content (AvgIpc) is 2.66. The van der Waals surface area contributed by atoms with E-state index in [0.29, 0.717) is 0 Å². The van der Waals surface area contributed by atoms with Crippen LogP contribution in [-0.2, 0) is 4.79 Å². The van der Waals surface area contributed by atoms with Crippen LogP contribution in [0.3, 0.4) is 0 Å². The van der Waals surface area contributed by atoms with Crippen LogP contribution in [0.5, 0.6) is 0 Å². The second-order valence-electron chi connectivity index (χ2n) is 6.95. The van der Waals surface area contributed by atoms with Gasteiger partial charge < -0.3 is 5.32 Å². The van der Waals surface area contributed by atoms with Gasteiger partial charge in [-0.3, -0.25) is 4.79 Å². The van der Waals surface area contributed by atoms with Crippen LogP contribution < -0.4 is 5.32 Å². The van der Waals surface area contributed by atoms with Gasteiger partial charge in [-0.25, -0.2) is 0 Å². The van der Waals surface area contributed by atoms with Crippen molar-refractivity contribution in [2.24, 2.45) is 35.5 Å². The van der Waals surface area contributed by atoms with Crippen molar-refractivity contribution in [3.05, 3.63) is 0 Å². The Hall–Kier alpha value is -0.530. The fourth-order valence-electron chi connectivity index (χ4n) is 4.40. The molecule has 2 heteroatoms. The van der Waals surface area contributed by atoms with Crippen LogP contribution in [0, 0.1) is 35.5 Å². The number of carbonyl (C=O) groups is 1. The number of carbonyl (C=O) groups excluding carboxylic acids is 1. The fraction of sp³-hybridized carbons (Fsp3) is 0.938. The molecule has 1 unspecified atom stereocenters. The van der Waals surface area contributed by atoms with E-state index in [0.717, 1.165) is 36.0 Å². The minimum atomic E-state index is 0.182. The molecule has 1 amide bonds. The maximum Gasteiger partial charge on any atom is 0.222 e. The molecule has 2 aliphatic rings. The van der Waals surface area contributed by atoms with Crippen molar-refractivity contribution in [3.63, 3.8) is 0 Å². The van der Waals surface area contributed by atoms with E-state index < -0.39 is 0 Å². The first-order valence-electron chi connectivity index (χ1n) is 7.74. The van der Waals surface area contributed by atoms with Crippen molar-refractivity contribution in [2.45, 2.75) is 52.9 Å². The lowest BCUT2D eigenvalue weighted by molar-refractivity contribution is -0.124. The summed E-state index contributed by atoms with van der Waals surface area (Å²) < 4.78 is 0. The quantitative estimate of drug-likeness (QED) is 0.814. The first kappa shape index (κ1) is 13.9. The second kappa shape index (κ2) is 5.63. The lowest BCUT2D eigenvalue weighted by Gasteiger charge is -2.40. The van der Waals surface area contributed by atoms with Crippen molar-refractivity contribution in [3.8, 4) is 0 Å². The smallest absolute Gasteiger partial charge is 0.222 e. The Kier molecular flexibility index (Phi) is 4.34. The number of nitrogens with one attached hydrogen (secondary N) is 1. The molecule has 0 heterocycles. The molecule has 18 heavy (non-hydrogen) atoms.